The Hall–Kier alpha value is -3.33. The Morgan fingerprint density at radius 1 is 1.06 bits per heavy atom. The highest BCUT2D eigenvalue weighted by Crippen LogP contribution is 2.37. The second-order valence-corrected chi connectivity index (χ2v) is 8.72. The summed E-state index contributed by atoms with van der Waals surface area (Å²) in [6.45, 7) is 2.06. The van der Waals surface area contributed by atoms with Crippen LogP contribution in [0, 0.1) is 0 Å². The molecule has 2 aromatic carbocycles. The summed E-state index contributed by atoms with van der Waals surface area (Å²) in [5.74, 6) is -1.86. The molecule has 9 heteroatoms. The normalized spacial score (nSPS) is 18.8. The van der Waals surface area contributed by atoms with Gasteiger partial charge in [0.25, 0.3) is 0 Å². The van der Waals surface area contributed by atoms with Crippen LogP contribution in [-0.2, 0) is 14.4 Å². The van der Waals surface area contributed by atoms with E-state index in [1.54, 1.807) is 28.8 Å². The number of carbonyl (C=O) groups excluding carboxylic acids is 4. The summed E-state index contributed by atoms with van der Waals surface area (Å²) in [5, 5.41) is 0.321. The largest absolute Gasteiger partial charge is 0.497 e. The third kappa shape index (κ3) is 3.88. The van der Waals surface area contributed by atoms with Crippen LogP contribution in [-0.4, -0.2) is 54.1 Å². The lowest BCUT2D eigenvalue weighted by Gasteiger charge is -2.24. The van der Waals surface area contributed by atoms with Gasteiger partial charge in [0.1, 0.15) is 12.3 Å². The number of amides is 5. The quantitative estimate of drug-likeness (QED) is 0.538. The van der Waals surface area contributed by atoms with Crippen LogP contribution in [0.2, 0.25) is 0 Å². The van der Waals surface area contributed by atoms with E-state index in [9.17, 15) is 19.2 Å². The van der Waals surface area contributed by atoms with Gasteiger partial charge < -0.3 is 9.64 Å². The molecule has 0 aromatic heterocycles. The van der Waals surface area contributed by atoms with Gasteiger partial charge >= 0.3 is 17.8 Å². The van der Waals surface area contributed by atoms with Gasteiger partial charge in [-0.15, -0.1) is 11.8 Å². The van der Waals surface area contributed by atoms with Crippen LogP contribution in [0.3, 0.4) is 0 Å². The fourth-order valence-electron chi connectivity index (χ4n) is 3.57. The van der Waals surface area contributed by atoms with Crippen LogP contribution in [0.5, 0.6) is 5.75 Å². The molecule has 8 nitrogen and oxygen atoms in total. The van der Waals surface area contributed by atoms with Gasteiger partial charge in [-0.25, -0.2) is 14.6 Å². The summed E-state index contributed by atoms with van der Waals surface area (Å²) in [4.78, 5) is 55.1. The van der Waals surface area contributed by atoms with Crippen LogP contribution in [0.4, 0.5) is 16.2 Å². The Morgan fingerprint density at radius 2 is 1.77 bits per heavy atom. The number of anilines is 2. The van der Waals surface area contributed by atoms with Crippen molar-refractivity contribution in [3.63, 3.8) is 0 Å². The van der Waals surface area contributed by atoms with E-state index in [0.717, 1.165) is 21.9 Å². The zero-order valence-electron chi connectivity index (χ0n) is 17.1. The Balaban J connectivity index is 1.56. The zero-order valence-corrected chi connectivity index (χ0v) is 17.9. The predicted molar refractivity (Wildman–Crippen MR) is 116 cm³/mol. The number of fused-ring (bicyclic) bond motifs is 1. The molecule has 31 heavy (non-hydrogen) atoms. The van der Waals surface area contributed by atoms with Gasteiger partial charge in [-0.1, -0.05) is 19.1 Å². The van der Waals surface area contributed by atoms with Crippen molar-refractivity contribution >= 4 is 46.9 Å². The predicted octanol–water partition coefficient (Wildman–Crippen LogP) is 2.91. The van der Waals surface area contributed by atoms with E-state index >= 15 is 0 Å². The molecule has 0 N–H and O–H groups in total. The van der Waals surface area contributed by atoms with E-state index < -0.39 is 30.3 Å². The highest BCUT2D eigenvalue weighted by Gasteiger charge is 2.46. The fourth-order valence-corrected chi connectivity index (χ4v) is 4.68. The van der Waals surface area contributed by atoms with E-state index in [2.05, 4.69) is 6.92 Å². The van der Waals surface area contributed by atoms with Crippen LogP contribution in [0.1, 0.15) is 13.3 Å². The minimum absolute atomic E-state index is 0.240. The first-order chi connectivity index (χ1) is 14.9. The molecule has 0 radical (unpaired) electrons. The fraction of sp³-hybridized carbons (Fsp3) is 0.273. The molecule has 4 rings (SSSR count). The number of hydrogen-bond acceptors (Lipinski definition) is 6. The summed E-state index contributed by atoms with van der Waals surface area (Å²) in [5.41, 5.74) is 0.990. The molecular formula is C22H21N3O5S. The molecule has 0 spiro atoms. The molecule has 1 unspecified atom stereocenters. The number of imide groups is 2. The standard InChI is InChI=1S/C22H21N3O5S/c1-14-11-12-23(17-5-3-4-6-18(17)31-14)19(26)13-24-20(27)21(28)25(22(24)29)15-7-9-16(30-2)10-8-15/h3-10,14H,11-13H2,1-2H3. The van der Waals surface area contributed by atoms with Crippen molar-refractivity contribution in [3.8, 4) is 5.75 Å². The van der Waals surface area contributed by atoms with Crippen molar-refractivity contribution < 1.29 is 23.9 Å². The van der Waals surface area contributed by atoms with E-state index in [4.69, 9.17) is 4.74 Å². The number of carbonyl (C=O) groups is 4. The van der Waals surface area contributed by atoms with Crippen LogP contribution < -0.4 is 14.5 Å². The number of nitrogens with zero attached hydrogens (tertiary/aromatic N) is 3. The van der Waals surface area contributed by atoms with Gasteiger partial charge in [-0.3, -0.25) is 14.4 Å². The molecule has 2 heterocycles. The van der Waals surface area contributed by atoms with Gasteiger partial charge in [-0.2, -0.15) is 0 Å². The van der Waals surface area contributed by atoms with Crippen LogP contribution in [0.25, 0.3) is 0 Å². The molecule has 1 atom stereocenters. The van der Waals surface area contributed by atoms with E-state index in [1.807, 2.05) is 24.3 Å². The molecule has 1 fully saturated rings. The maximum absolute atomic E-state index is 13.1. The summed E-state index contributed by atoms with van der Waals surface area (Å²) < 4.78 is 5.08. The maximum Gasteiger partial charge on any atom is 0.339 e. The Labute approximate surface area is 183 Å². The molecule has 2 aromatic rings. The number of benzene rings is 2. The first-order valence-electron chi connectivity index (χ1n) is 9.80. The first-order valence-corrected chi connectivity index (χ1v) is 10.7. The third-order valence-corrected chi connectivity index (χ3v) is 6.46. The first kappa shape index (κ1) is 20.9. The third-order valence-electron chi connectivity index (χ3n) is 5.22. The number of thioether (sulfide) groups is 1. The number of para-hydroxylation sites is 1. The number of hydrogen-bond donors (Lipinski definition) is 0. The second kappa shape index (κ2) is 8.43. The maximum atomic E-state index is 13.1. The average molecular weight is 439 g/mol. The zero-order chi connectivity index (χ0) is 22.1. The van der Waals surface area contributed by atoms with Crippen molar-refractivity contribution in [2.75, 3.05) is 30.0 Å². The molecule has 2 aliphatic heterocycles. The number of rotatable bonds is 4. The van der Waals surface area contributed by atoms with Crippen LogP contribution in [0.15, 0.2) is 53.4 Å². The highest BCUT2D eigenvalue weighted by molar-refractivity contribution is 8.00. The molecule has 1 saturated heterocycles. The molecule has 0 aliphatic carbocycles. The van der Waals surface area contributed by atoms with Crippen molar-refractivity contribution in [1.29, 1.82) is 0 Å². The van der Waals surface area contributed by atoms with Gasteiger partial charge in [0, 0.05) is 16.7 Å². The lowest BCUT2D eigenvalue weighted by atomic mass is 10.2. The highest BCUT2D eigenvalue weighted by atomic mass is 32.2. The molecule has 0 bridgehead atoms. The van der Waals surface area contributed by atoms with Crippen molar-refractivity contribution in [2.24, 2.45) is 0 Å². The van der Waals surface area contributed by atoms with Gasteiger partial charge in [-0.05, 0) is 42.8 Å². The summed E-state index contributed by atoms with van der Waals surface area (Å²) in [7, 11) is 1.50. The van der Waals surface area contributed by atoms with E-state index in [1.165, 1.54) is 19.2 Å². The smallest absolute Gasteiger partial charge is 0.339 e. The summed E-state index contributed by atoms with van der Waals surface area (Å²) in [6, 6.07) is 12.9. The monoisotopic (exact) mass is 439 g/mol. The van der Waals surface area contributed by atoms with Crippen molar-refractivity contribution in [3.05, 3.63) is 48.5 Å². The number of ether oxygens (including phenoxy) is 1. The molecule has 5 amide bonds. The van der Waals surface area contributed by atoms with Crippen molar-refractivity contribution in [2.45, 2.75) is 23.5 Å². The lowest BCUT2D eigenvalue weighted by molar-refractivity contribution is -0.140. The second-order valence-electron chi connectivity index (χ2n) is 7.24. The van der Waals surface area contributed by atoms with Crippen molar-refractivity contribution in [1.82, 2.24) is 4.90 Å². The number of urea groups is 1. The van der Waals surface area contributed by atoms with E-state index in [0.29, 0.717) is 22.4 Å². The van der Waals surface area contributed by atoms with Gasteiger partial charge in [0.15, 0.2) is 0 Å². The average Bonchev–Trinajstić information content (AvgIpc) is 2.90. The SMILES string of the molecule is COc1ccc(N2C(=O)C(=O)N(CC(=O)N3CCC(C)Sc4ccccc43)C2=O)cc1. The minimum Gasteiger partial charge on any atom is -0.497 e. The minimum atomic E-state index is -1.01. The van der Waals surface area contributed by atoms with Gasteiger partial charge in [0.2, 0.25) is 5.91 Å². The summed E-state index contributed by atoms with van der Waals surface area (Å²) in [6.07, 6.45) is 0.768. The summed E-state index contributed by atoms with van der Waals surface area (Å²) >= 11 is 1.68. The topological polar surface area (TPSA) is 87.2 Å². The van der Waals surface area contributed by atoms with Crippen LogP contribution >= 0.6 is 11.8 Å². The molecule has 0 saturated carbocycles. The number of methoxy groups -OCH3 is 1. The molecule has 160 valence electrons. The Bertz CT molecular complexity index is 1060. The molecular weight excluding hydrogens is 418 g/mol. The Kier molecular flexibility index (Phi) is 5.69. The lowest BCUT2D eigenvalue weighted by Crippen LogP contribution is -2.44. The molecule has 2 aliphatic rings. The van der Waals surface area contributed by atoms with E-state index in [-0.39, 0.29) is 5.69 Å². The van der Waals surface area contributed by atoms with Gasteiger partial charge in [0.05, 0.1) is 18.5 Å². The Morgan fingerprint density at radius 3 is 2.48 bits per heavy atom.